The Kier molecular flexibility index (Phi) is 6.09. The first-order valence-electron chi connectivity index (χ1n) is 9.99. The topological polar surface area (TPSA) is 127 Å². The molecule has 2 aromatic carbocycles. The number of fused-ring (bicyclic) bond motifs is 1. The molecule has 11 heteroatoms. The molecule has 168 valence electrons. The Hall–Kier alpha value is -3.08. The summed E-state index contributed by atoms with van der Waals surface area (Å²) in [6, 6.07) is 11.7. The van der Waals surface area contributed by atoms with Gasteiger partial charge in [-0.05, 0) is 37.1 Å². The summed E-state index contributed by atoms with van der Waals surface area (Å²) in [5, 5.41) is 3.83. The number of primary amides is 1. The maximum Gasteiger partial charge on any atom is 0.323 e. The third-order valence-corrected chi connectivity index (χ3v) is 7.10. The number of rotatable bonds is 5. The third-order valence-electron chi connectivity index (χ3n) is 5.44. The van der Waals surface area contributed by atoms with Gasteiger partial charge in [0.2, 0.25) is 10.0 Å². The van der Waals surface area contributed by atoms with Crippen LogP contribution in [0, 0.1) is 0 Å². The minimum atomic E-state index is -3.76. The van der Waals surface area contributed by atoms with Crippen molar-refractivity contribution in [3.63, 3.8) is 0 Å². The van der Waals surface area contributed by atoms with Crippen molar-refractivity contribution in [3.8, 4) is 0 Å². The van der Waals surface area contributed by atoms with Gasteiger partial charge in [0.1, 0.15) is 0 Å². The fourth-order valence-electron chi connectivity index (χ4n) is 3.89. The van der Waals surface area contributed by atoms with Crippen molar-refractivity contribution in [3.05, 3.63) is 59.8 Å². The first-order chi connectivity index (χ1) is 15.3. The number of urea groups is 1. The molecule has 1 aliphatic rings. The van der Waals surface area contributed by atoms with E-state index in [1.54, 1.807) is 41.3 Å². The Labute approximate surface area is 190 Å². The van der Waals surface area contributed by atoms with E-state index in [0.717, 1.165) is 6.42 Å². The van der Waals surface area contributed by atoms with Gasteiger partial charge < -0.3 is 16.0 Å². The fourth-order valence-corrected chi connectivity index (χ4v) is 5.26. The summed E-state index contributed by atoms with van der Waals surface area (Å²) < 4.78 is 29.0. The zero-order valence-corrected chi connectivity index (χ0v) is 18.6. The lowest BCUT2D eigenvalue weighted by molar-refractivity contribution is 0.207. The van der Waals surface area contributed by atoms with Crippen LogP contribution in [0.15, 0.2) is 59.6 Å². The second-order valence-corrected chi connectivity index (χ2v) is 9.70. The molecule has 4 rings (SSSR count). The van der Waals surface area contributed by atoms with E-state index < -0.39 is 16.1 Å². The molecule has 0 radical (unpaired) electrons. The standard InChI is InChI=1S/C21H22ClN5O4S/c22-14-5-3-7-16(11-14)32(30,31)24-12-15-6-4-10-26(15)21(29)25-18-13-27(20(23)28)19-9-2-1-8-17(18)19/h1-3,5,7-9,11,13,15,24H,4,6,10,12H2,(H2,23,28)(H,25,29). The summed E-state index contributed by atoms with van der Waals surface area (Å²) >= 11 is 5.90. The number of carbonyl (C=O) groups is 2. The number of nitrogens with one attached hydrogen (secondary N) is 2. The molecule has 1 fully saturated rings. The van der Waals surface area contributed by atoms with Crippen molar-refractivity contribution in [2.24, 2.45) is 5.73 Å². The molecule has 3 aromatic rings. The number of aromatic nitrogens is 1. The average molecular weight is 476 g/mol. The van der Waals surface area contributed by atoms with Crippen molar-refractivity contribution in [2.75, 3.05) is 18.4 Å². The second kappa shape index (κ2) is 8.81. The first-order valence-corrected chi connectivity index (χ1v) is 11.8. The van der Waals surface area contributed by atoms with Crippen LogP contribution in [0.3, 0.4) is 0 Å². The molecule has 1 atom stereocenters. The van der Waals surface area contributed by atoms with E-state index in [2.05, 4.69) is 10.0 Å². The van der Waals surface area contributed by atoms with E-state index in [1.807, 2.05) is 0 Å². The molecular formula is C21H22ClN5O4S. The van der Waals surface area contributed by atoms with Gasteiger partial charge in [0.05, 0.1) is 16.1 Å². The van der Waals surface area contributed by atoms with Crippen LogP contribution >= 0.6 is 11.6 Å². The molecule has 0 aliphatic carbocycles. The molecule has 1 aromatic heterocycles. The van der Waals surface area contributed by atoms with Crippen LogP contribution in [-0.2, 0) is 10.0 Å². The average Bonchev–Trinajstić information content (AvgIpc) is 3.37. The van der Waals surface area contributed by atoms with Crippen LogP contribution in [0.5, 0.6) is 0 Å². The zero-order valence-electron chi connectivity index (χ0n) is 17.0. The van der Waals surface area contributed by atoms with E-state index >= 15 is 0 Å². The van der Waals surface area contributed by atoms with Gasteiger partial charge >= 0.3 is 12.1 Å². The van der Waals surface area contributed by atoms with Gasteiger partial charge in [-0.2, -0.15) is 0 Å². The summed E-state index contributed by atoms with van der Waals surface area (Å²) in [6.07, 6.45) is 2.90. The summed E-state index contributed by atoms with van der Waals surface area (Å²) in [5.41, 5.74) is 6.47. The summed E-state index contributed by atoms with van der Waals surface area (Å²) in [7, 11) is -3.76. The lowest BCUT2D eigenvalue weighted by Gasteiger charge is -2.25. The maximum absolute atomic E-state index is 13.0. The van der Waals surface area contributed by atoms with Gasteiger partial charge in [-0.3, -0.25) is 4.57 Å². The predicted molar refractivity (Wildman–Crippen MR) is 122 cm³/mol. The monoisotopic (exact) mass is 475 g/mol. The minimum absolute atomic E-state index is 0.0678. The van der Waals surface area contributed by atoms with Gasteiger partial charge in [-0.25, -0.2) is 22.7 Å². The lowest BCUT2D eigenvalue weighted by atomic mass is 10.2. The Bertz CT molecular complexity index is 1290. The van der Waals surface area contributed by atoms with Crippen LogP contribution in [0.25, 0.3) is 10.9 Å². The lowest BCUT2D eigenvalue weighted by Crippen LogP contribution is -2.44. The number of carbonyl (C=O) groups excluding carboxylic acids is 2. The Balaban J connectivity index is 1.48. The number of halogens is 1. The number of sulfonamides is 1. The highest BCUT2D eigenvalue weighted by Gasteiger charge is 2.30. The number of amides is 3. The number of anilines is 1. The van der Waals surface area contributed by atoms with E-state index in [1.165, 1.54) is 22.9 Å². The van der Waals surface area contributed by atoms with Gasteiger partial charge in [0.15, 0.2) is 0 Å². The Morgan fingerprint density at radius 2 is 1.94 bits per heavy atom. The summed E-state index contributed by atoms with van der Waals surface area (Å²) in [5.74, 6) is 0. The van der Waals surface area contributed by atoms with E-state index in [9.17, 15) is 18.0 Å². The predicted octanol–water partition coefficient (Wildman–Crippen LogP) is 3.20. The number of hydrogen-bond acceptors (Lipinski definition) is 4. The fraction of sp³-hybridized carbons (Fsp3) is 0.238. The number of likely N-dealkylation sites (tertiary alicyclic amines) is 1. The van der Waals surface area contributed by atoms with Crippen LogP contribution in [-0.4, -0.2) is 49.1 Å². The zero-order chi connectivity index (χ0) is 22.9. The molecule has 0 saturated carbocycles. The third kappa shape index (κ3) is 4.43. The van der Waals surface area contributed by atoms with Crippen molar-refractivity contribution < 1.29 is 18.0 Å². The molecule has 2 heterocycles. The molecule has 9 nitrogen and oxygen atoms in total. The minimum Gasteiger partial charge on any atom is -0.351 e. The quantitative estimate of drug-likeness (QED) is 0.523. The van der Waals surface area contributed by atoms with Crippen LogP contribution in [0.2, 0.25) is 5.02 Å². The number of nitrogens with zero attached hydrogens (tertiary/aromatic N) is 2. The van der Waals surface area contributed by atoms with Gasteiger partial charge in [-0.1, -0.05) is 35.9 Å². The normalized spacial score (nSPS) is 16.4. The van der Waals surface area contributed by atoms with E-state index in [-0.39, 0.29) is 23.5 Å². The second-order valence-electron chi connectivity index (χ2n) is 7.50. The molecule has 1 saturated heterocycles. The highest BCUT2D eigenvalue weighted by atomic mass is 35.5. The van der Waals surface area contributed by atoms with Crippen molar-refractivity contribution in [1.82, 2.24) is 14.2 Å². The van der Waals surface area contributed by atoms with Crippen molar-refractivity contribution >= 4 is 50.3 Å². The molecule has 0 spiro atoms. The summed E-state index contributed by atoms with van der Waals surface area (Å²) in [6.45, 7) is 0.565. The Morgan fingerprint density at radius 3 is 2.69 bits per heavy atom. The molecule has 3 amide bonds. The van der Waals surface area contributed by atoms with Gasteiger partial charge in [0, 0.05) is 35.7 Å². The Morgan fingerprint density at radius 1 is 1.16 bits per heavy atom. The van der Waals surface area contributed by atoms with E-state index in [0.29, 0.717) is 34.6 Å². The highest BCUT2D eigenvalue weighted by molar-refractivity contribution is 7.89. The van der Waals surface area contributed by atoms with Gasteiger partial charge in [-0.15, -0.1) is 0 Å². The highest BCUT2D eigenvalue weighted by Crippen LogP contribution is 2.27. The molecule has 1 aliphatic heterocycles. The number of para-hydroxylation sites is 1. The van der Waals surface area contributed by atoms with Crippen LogP contribution in [0.1, 0.15) is 12.8 Å². The number of hydrogen-bond donors (Lipinski definition) is 3. The molecule has 0 bridgehead atoms. The van der Waals surface area contributed by atoms with Gasteiger partial charge in [0.25, 0.3) is 0 Å². The smallest absolute Gasteiger partial charge is 0.323 e. The first kappa shape index (κ1) is 22.1. The molecule has 1 unspecified atom stereocenters. The molecule has 32 heavy (non-hydrogen) atoms. The number of nitrogens with two attached hydrogens (primary N) is 1. The van der Waals surface area contributed by atoms with Crippen LogP contribution < -0.4 is 15.8 Å². The maximum atomic E-state index is 13.0. The molecular weight excluding hydrogens is 454 g/mol. The number of benzene rings is 2. The summed E-state index contributed by atoms with van der Waals surface area (Å²) in [4.78, 5) is 26.4. The van der Waals surface area contributed by atoms with Crippen LogP contribution in [0.4, 0.5) is 15.3 Å². The largest absolute Gasteiger partial charge is 0.351 e. The molecule has 4 N–H and O–H groups in total. The van der Waals surface area contributed by atoms with Crippen molar-refractivity contribution in [1.29, 1.82) is 0 Å². The van der Waals surface area contributed by atoms with Crippen molar-refractivity contribution in [2.45, 2.75) is 23.8 Å². The SMILES string of the molecule is NC(=O)n1cc(NC(=O)N2CCCC2CNS(=O)(=O)c2cccc(Cl)c2)c2ccccc21. The van der Waals surface area contributed by atoms with E-state index in [4.69, 9.17) is 17.3 Å².